The molecule has 0 unspecified atom stereocenters. The van der Waals surface area contributed by atoms with Gasteiger partial charge in [0, 0.05) is 88.1 Å². The molecule has 2 aliphatic heterocycles. The fraction of sp³-hybridized carbons (Fsp3) is 0.500. The Hall–Kier alpha value is -6.71. The maximum atomic E-state index is 15.1. The summed E-state index contributed by atoms with van der Waals surface area (Å²) in [4.78, 5) is 33.2. The van der Waals surface area contributed by atoms with Crippen molar-refractivity contribution in [1.29, 1.82) is 0 Å². The number of anilines is 3. The number of pyridine rings is 2. The van der Waals surface area contributed by atoms with Gasteiger partial charge in [0.2, 0.25) is 0 Å². The molecule has 5 aliphatic rings. The zero-order chi connectivity index (χ0) is 57.5. The molecule has 6 aromatic rings. The number of sulfonamides is 1. The predicted octanol–water partition coefficient (Wildman–Crippen LogP) is 10.7. The molecular formula is C62H77FN9O9S-. The van der Waals surface area contributed by atoms with Crippen LogP contribution < -0.4 is 38.9 Å². The fourth-order valence-corrected chi connectivity index (χ4v) is 13.7. The second-order valence-electron chi connectivity index (χ2n) is 24.0. The van der Waals surface area contributed by atoms with Crippen molar-refractivity contribution in [3.63, 3.8) is 0 Å². The zero-order valence-corrected chi connectivity index (χ0v) is 48.7. The number of carbonyl (C=O) groups excluding carboxylic acids is 1. The Bertz CT molecular complexity index is 3380. The van der Waals surface area contributed by atoms with Crippen LogP contribution in [0.1, 0.15) is 131 Å². The van der Waals surface area contributed by atoms with Gasteiger partial charge in [0.25, 0.3) is 21.8 Å². The van der Waals surface area contributed by atoms with E-state index < -0.39 is 32.2 Å². The Kier molecular flexibility index (Phi) is 16.4. The number of nitrogens with one attached hydrogen (secondary N) is 3. The zero-order valence-electron chi connectivity index (χ0n) is 47.9. The highest BCUT2D eigenvalue weighted by molar-refractivity contribution is 7.90. The van der Waals surface area contributed by atoms with Gasteiger partial charge in [-0.2, -0.15) is 4.98 Å². The Morgan fingerprint density at radius 3 is 2.44 bits per heavy atom. The molecule has 20 heteroatoms. The van der Waals surface area contributed by atoms with Gasteiger partial charge in [-0.05, 0) is 149 Å². The Morgan fingerprint density at radius 1 is 0.951 bits per heavy atom. The molecule has 0 radical (unpaired) electrons. The van der Waals surface area contributed by atoms with Crippen LogP contribution in [0.3, 0.4) is 0 Å². The van der Waals surface area contributed by atoms with Crippen LogP contribution in [0, 0.1) is 22.4 Å². The largest absolute Gasteiger partial charge is 0.758 e. The summed E-state index contributed by atoms with van der Waals surface area (Å²) in [6, 6.07) is 23.6. The third kappa shape index (κ3) is 12.5. The monoisotopic (exact) mass is 1140 g/mol. The molecule has 3 saturated carbocycles. The minimum absolute atomic E-state index is 0.000252. The van der Waals surface area contributed by atoms with E-state index in [1.54, 1.807) is 26.2 Å². The average molecular weight is 1140 g/mol. The van der Waals surface area contributed by atoms with Crippen LogP contribution >= 0.6 is 0 Å². The molecule has 5 fully saturated rings. The van der Waals surface area contributed by atoms with E-state index in [1.807, 2.05) is 6.92 Å². The first-order valence-electron chi connectivity index (χ1n) is 29.1. The third-order valence-corrected chi connectivity index (χ3v) is 18.9. The fourth-order valence-electron chi connectivity index (χ4n) is 12.7. The van der Waals surface area contributed by atoms with Crippen LogP contribution in [0.15, 0.2) is 90.1 Å². The number of nitrogens with zero attached hydrogens (tertiary/aromatic N) is 6. The van der Waals surface area contributed by atoms with Gasteiger partial charge < -0.3 is 49.5 Å². The van der Waals surface area contributed by atoms with Gasteiger partial charge in [-0.25, -0.2) is 22.5 Å². The molecule has 11 rings (SSSR count). The number of benzene rings is 3. The molecule has 3 aromatic heterocycles. The Morgan fingerprint density at radius 2 is 1.72 bits per heavy atom. The van der Waals surface area contributed by atoms with Crippen molar-refractivity contribution in [3.8, 4) is 28.9 Å². The van der Waals surface area contributed by atoms with E-state index in [-0.39, 0.29) is 69.5 Å². The van der Waals surface area contributed by atoms with E-state index in [2.05, 4.69) is 96.0 Å². The van der Waals surface area contributed by atoms with Gasteiger partial charge in [-0.3, -0.25) is 14.6 Å². The summed E-state index contributed by atoms with van der Waals surface area (Å²) in [7, 11) is -1.66. The highest BCUT2D eigenvalue weighted by Gasteiger charge is 2.50. The number of aromatic amines is 1. The highest BCUT2D eigenvalue weighted by atomic mass is 32.2. The third-order valence-electron chi connectivity index (χ3n) is 17.6. The van der Waals surface area contributed by atoms with Gasteiger partial charge in [-0.1, -0.05) is 44.2 Å². The minimum atomic E-state index is -4.62. The molecule has 82 heavy (non-hydrogen) atoms. The number of methoxy groups -OCH3 is 1. The average Bonchev–Trinajstić information content (AvgIpc) is 3.94. The number of aromatic nitrogens is 3. The van der Waals surface area contributed by atoms with Crippen LogP contribution in [-0.2, 0) is 16.6 Å². The van der Waals surface area contributed by atoms with Crippen molar-refractivity contribution in [2.45, 2.75) is 133 Å². The topological polar surface area (TPSA) is 210 Å². The van der Waals surface area contributed by atoms with E-state index in [4.69, 9.17) is 18.9 Å². The van der Waals surface area contributed by atoms with Gasteiger partial charge in [0.15, 0.2) is 17.2 Å². The summed E-state index contributed by atoms with van der Waals surface area (Å²) in [6.07, 6.45) is 11.8. The van der Waals surface area contributed by atoms with Crippen molar-refractivity contribution in [2.75, 3.05) is 75.3 Å². The van der Waals surface area contributed by atoms with Crippen molar-refractivity contribution in [3.05, 3.63) is 118 Å². The molecule has 0 bridgehead atoms. The van der Waals surface area contributed by atoms with E-state index >= 15 is 4.39 Å². The number of H-pyrrole nitrogens is 1. The maximum Gasteiger partial charge on any atom is 0.268 e. The number of hydroxylamine groups is 1. The van der Waals surface area contributed by atoms with Crippen LogP contribution in [0.25, 0.3) is 11.0 Å². The van der Waals surface area contributed by atoms with Crippen LogP contribution in [0.2, 0.25) is 0 Å². The van der Waals surface area contributed by atoms with Gasteiger partial charge in [-0.15, -0.1) is 0 Å². The minimum Gasteiger partial charge on any atom is -0.758 e. The summed E-state index contributed by atoms with van der Waals surface area (Å²) in [6.45, 7) is 14.0. The number of hydrogen-bond acceptors (Lipinski definition) is 16. The second kappa shape index (κ2) is 23.5. The normalized spacial score (nSPS) is 21.6. The lowest BCUT2D eigenvalue weighted by Crippen LogP contribution is -2.60. The SMILES string of the molecule is CCOc1nc2[nH]cc(F)c2cc1Oc1cc(N2CCC3(CC2)CC(N2CCN(Cc4ccc(OC5CC5)c(OC)c4)C[C@H]2c2ccccc2C(C)C)C3)ccc1C(=O)NS(=O)(=O)c1cnc(NCC2CCC(C)(O)CC2)c(N(C)[O-])c1. The van der Waals surface area contributed by atoms with Crippen molar-refractivity contribution in [2.24, 2.45) is 11.3 Å². The summed E-state index contributed by atoms with van der Waals surface area (Å²) in [5, 5.41) is 27.1. The molecular weight excluding hydrogens is 1070 g/mol. The predicted molar refractivity (Wildman–Crippen MR) is 314 cm³/mol. The number of fused-ring (bicyclic) bond motifs is 1. The molecule has 3 aliphatic carbocycles. The first-order valence-corrected chi connectivity index (χ1v) is 30.6. The summed E-state index contributed by atoms with van der Waals surface area (Å²) in [5.74, 6) is 0.913. The smallest absolute Gasteiger partial charge is 0.268 e. The highest BCUT2D eigenvalue weighted by Crippen LogP contribution is 2.54. The first-order chi connectivity index (χ1) is 39.4. The number of amides is 1. The molecule has 5 heterocycles. The summed E-state index contributed by atoms with van der Waals surface area (Å²) < 4.78 is 69.6. The molecule has 1 atom stereocenters. The van der Waals surface area contributed by atoms with Gasteiger partial charge >= 0.3 is 0 Å². The van der Waals surface area contributed by atoms with Crippen LogP contribution in [0.4, 0.5) is 21.6 Å². The van der Waals surface area contributed by atoms with E-state index in [0.29, 0.717) is 42.5 Å². The molecule has 2 saturated heterocycles. The number of ether oxygens (including phenoxy) is 4. The molecule has 3 aromatic carbocycles. The lowest BCUT2D eigenvalue weighted by Gasteiger charge is -2.58. The lowest BCUT2D eigenvalue weighted by atomic mass is 9.59. The van der Waals surface area contributed by atoms with Crippen molar-refractivity contribution < 1.29 is 41.7 Å². The van der Waals surface area contributed by atoms with Crippen LogP contribution in [-0.4, -0.2) is 122 Å². The van der Waals surface area contributed by atoms with Crippen LogP contribution in [0.5, 0.6) is 28.9 Å². The van der Waals surface area contributed by atoms with E-state index in [9.17, 15) is 23.5 Å². The molecule has 1 amide bonds. The standard InChI is InChI=1S/C62H77FN9O9S/c1-7-79-60-56(31-49-50(63)36-66-57(49)67-60)81-54-29-42(13-16-48(54)59(73)68-82(76,77)45-30-51(69(5)75)58(65-35-45)64-34-40-18-20-61(4,74)21-19-40)71-24-22-62(23-25-71)32-43(33-62)72-27-26-70(38-52(72)47-11-9-8-10-46(47)39(2)3)37-41-12-17-53(55(28-41)78-6)80-44-14-15-44/h8-13,16-17,28-31,35-36,39-40,43-44,52,74H,7,14-15,18-27,32-34,37-38H2,1-6H3,(H,64,65)(H,66,67)(H,68,73)/q-1/t40?,52-,61?/m0/s1. The number of aliphatic hydroxyl groups is 1. The number of piperidine rings is 1. The van der Waals surface area contributed by atoms with E-state index in [1.165, 1.54) is 48.1 Å². The van der Waals surface area contributed by atoms with Gasteiger partial charge in [0.05, 0.1) is 42.1 Å². The Labute approximate surface area is 480 Å². The summed E-state index contributed by atoms with van der Waals surface area (Å²) >= 11 is 0. The van der Waals surface area contributed by atoms with Gasteiger partial charge in [0.1, 0.15) is 27.9 Å². The van der Waals surface area contributed by atoms with Crippen molar-refractivity contribution >= 4 is 44.2 Å². The number of hydrogen-bond donors (Lipinski definition) is 4. The number of carbonyl (C=O) groups is 1. The number of piperazine rings is 1. The Balaban J connectivity index is 0.800. The van der Waals surface area contributed by atoms with E-state index in [0.717, 1.165) is 114 Å². The number of halogens is 1. The lowest BCUT2D eigenvalue weighted by molar-refractivity contribution is -0.0628. The number of rotatable bonds is 20. The summed E-state index contributed by atoms with van der Waals surface area (Å²) in [5.41, 5.74) is 4.32. The van der Waals surface area contributed by atoms with Crippen molar-refractivity contribution in [1.82, 2.24) is 29.5 Å². The molecule has 438 valence electrons. The molecule has 4 N–H and O–H groups in total. The second-order valence-corrected chi connectivity index (χ2v) is 25.6. The first kappa shape index (κ1) is 57.1. The molecule has 18 nitrogen and oxygen atoms in total. The maximum absolute atomic E-state index is 15.1. The quantitative estimate of drug-likeness (QED) is 0.0524. The molecule has 1 spiro atoms.